The summed E-state index contributed by atoms with van der Waals surface area (Å²) >= 11 is 0. The highest BCUT2D eigenvalue weighted by atomic mass is 16.1. The van der Waals surface area contributed by atoms with Gasteiger partial charge in [-0.25, -0.2) is 0 Å². The molecule has 2 nitrogen and oxygen atoms in total. The summed E-state index contributed by atoms with van der Waals surface area (Å²) in [5, 5.41) is 0. The standard InChI is InChI=1S/C21H27NO.H2/c1-16(17-6-2-3-7-17)15-22-12-10-21(11-13-22)14-20(23)18-8-4-5-9-19(18)21;/h2,4-6,8-9,16-17H,3,7,10-15H2,1H3;1H/t16-,17-;/m0./s1. The number of allylic oxidation sites excluding steroid dienone is 2. The number of hydrogen-bond acceptors (Lipinski definition) is 2. The third kappa shape index (κ3) is 2.67. The van der Waals surface area contributed by atoms with Crippen LogP contribution in [0.4, 0.5) is 0 Å². The number of piperidine rings is 1. The molecule has 1 fully saturated rings. The number of carbonyl (C=O) groups excluding carboxylic acids is 1. The van der Waals surface area contributed by atoms with E-state index in [0.29, 0.717) is 5.78 Å². The number of hydrogen-bond donors (Lipinski definition) is 0. The molecule has 0 amide bonds. The first kappa shape index (κ1) is 15.1. The molecule has 0 N–H and O–H groups in total. The summed E-state index contributed by atoms with van der Waals surface area (Å²) in [6.45, 7) is 5.89. The van der Waals surface area contributed by atoms with Crippen LogP contribution in [-0.4, -0.2) is 30.3 Å². The van der Waals surface area contributed by atoms with E-state index in [4.69, 9.17) is 0 Å². The van der Waals surface area contributed by atoms with Crippen molar-refractivity contribution in [2.45, 2.75) is 44.4 Å². The topological polar surface area (TPSA) is 20.3 Å². The van der Waals surface area contributed by atoms with Crippen LogP contribution in [0.3, 0.4) is 0 Å². The molecule has 2 aliphatic carbocycles. The second-order valence-electron chi connectivity index (χ2n) is 7.87. The van der Waals surface area contributed by atoms with Crippen molar-refractivity contribution >= 4 is 5.78 Å². The summed E-state index contributed by atoms with van der Waals surface area (Å²) in [7, 11) is 0. The van der Waals surface area contributed by atoms with Gasteiger partial charge in [0.05, 0.1) is 0 Å². The number of nitrogens with zero attached hydrogens (tertiary/aromatic N) is 1. The van der Waals surface area contributed by atoms with Crippen LogP contribution in [0.25, 0.3) is 0 Å². The number of rotatable bonds is 3. The Morgan fingerprint density at radius 2 is 2.09 bits per heavy atom. The molecule has 0 saturated carbocycles. The molecule has 0 unspecified atom stereocenters. The SMILES string of the molecule is C[C@@H](CN1CCC2(CC1)CC(=O)c1ccccc12)[C@H]1C=CCC1.[HH]. The molecule has 0 aromatic heterocycles. The number of Topliss-reactive ketones (excluding diaryl/α,β-unsaturated/α-hetero) is 1. The van der Waals surface area contributed by atoms with E-state index in [1.807, 2.05) is 12.1 Å². The highest BCUT2D eigenvalue weighted by Crippen LogP contribution is 2.46. The Morgan fingerprint density at radius 1 is 1.30 bits per heavy atom. The number of likely N-dealkylation sites (tertiary alicyclic amines) is 1. The van der Waals surface area contributed by atoms with Gasteiger partial charge in [0, 0.05) is 25.4 Å². The van der Waals surface area contributed by atoms with Gasteiger partial charge in [0.1, 0.15) is 0 Å². The average molecular weight is 311 g/mol. The lowest BCUT2D eigenvalue weighted by molar-refractivity contribution is 0.0919. The zero-order valence-corrected chi connectivity index (χ0v) is 14.1. The van der Waals surface area contributed by atoms with Gasteiger partial charge in [-0.15, -0.1) is 0 Å². The molecule has 0 radical (unpaired) electrons. The molecule has 1 spiro atoms. The molecular formula is C21H29NO. The minimum atomic E-state index is 0. The maximum Gasteiger partial charge on any atom is 0.164 e. The van der Waals surface area contributed by atoms with E-state index in [1.54, 1.807) is 0 Å². The Bertz CT molecular complexity index is 630. The molecular weight excluding hydrogens is 282 g/mol. The Balaban J connectivity index is 0.00000169. The molecule has 2 atom stereocenters. The van der Waals surface area contributed by atoms with Crippen molar-refractivity contribution in [1.82, 2.24) is 4.90 Å². The summed E-state index contributed by atoms with van der Waals surface area (Å²) in [5.41, 5.74) is 2.46. The van der Waals surface area contributed by atoms with Crippen molar-refractivity contribution in [3.8, 4) is 0 Å². The van der Waals surface area contributed by atoms with E-state index >= 15 is 0 Å². The quantitative estimate of drug-likeness (QED) is 0.768. The van der Waals surface area contributed by atoms with Crippen LogP contribution >= 0.6 is 0 Å². The lowest BCUT2D eigenvalue weighted by atomic mass is 9.73. The summed E-state index contributed by atoms with van der Waals surface area (Å²) in [5.74, 6) is 1.89. The van der Waals surface area contributed by atoms with Crippen molar-refractivity contribution in [1.29, 1.82) is 0 Å². The third-order valence-electron chi connectivity index (χ3n) is 6.44. The molecule has 4 rings (SSSR count). The fraction of sp³-hybridized carbons (Fsp3) is 0.571. The predicted octanol–water partition coefficient (Wildman–Crippen LogP) is 4.45. The minimum absolute atomic E-state index is 0. The Morgan fingerprint density at radius 3 is 2.83 bits per heavy atom. The van der Waals surface area contributed by atoms with Crippen molar-refractivity contribution in [3.05, 3.63) is 47.5 Å². The Labute approximate surface area is 141 Å². The second kappa shape index (κ2) is 5.90. The number of carbonyl (C=O) groups is 1. The molecule has 1 saturated heterocycles. The van der Waals surface area contributed by atoms with Gasteiger partial charge >= 0.3 is 0 Å². The zero-order chi connectivity index (χ0) is 15.9. The van der Waals surface area contributed by atoms with Crippen LogP contribution in [0.2, 0.25) is 0 Å². The first-order valence-electron chi connectivity index (χ1n) is 9.20. The maximum atomic E-state index is 12.4. The van der Waals surface area contributed by atoms with Gasteiger partial charge in [0.2, 0.25) is 0 Å². The van der Waals surface area contributed by atoms with Crippen LogP contribution in [0.1, 0.15) is 56.4 Å². The average Bonchev–Trinajstić information content (AvgIpc) is 3.19. The van der Waals surface area contributed by atoms with Gasteiger partial charge in [-0.1, -0.05) is 43.3 Å². The van der Waals surface area contributed by atoms with E-state index in [-0.39, 0.29) is 6.84 Å². The van der Waals surface area contributed by atoms with Crippen molar-refractivity contribution in [3.63, 3.8) is 0 Å². The molecule has 1 aromatic rings. The van der Waals surface area contributed by atoms with Gasteiger partial charge in [-0.2, -0.15) is 0 Å². The summed E-state index contributed by atoms with van der Waals surface area (Å²) < 4.78 is 0. The van der Waals surface area contributed by atoms with Crippen LogP contribution in [-0.2, 0) is 5.41 Å². The van der Waals surface area contributed by atoms with Crippen LogP contribution in [0.15, 0.2) is 36.4 Å². The van der Waals surface area contributed by atoms with E-state index in [0.717, 1.165) is 49.8 Å². The Hall–Kier alpha value is -1.41. The summed E-state index contributed by atoms with van der Waals surface area (Å²) in [4.78, 5) is 15.0. The molecule has 23 heavy (non-hydrogen) atoms. The normalized spacial score (nSPS) is 27.5. The fourth-order valence-electron chi connectivity index (χ4n) is 4.97. The number of ketones is 1. The lowest BCUT2D eigenvalue weighted by Crippen LogP contribution is -2.43. The van der Waals surface area contributed by atoms with Crippen molar-refractivity contribution < 1.29 is 6.22 Å². The first-order chi connectivity index (χ1) is 11.2. The van der Waals surface area contributed by atoms with Crippen LogP contribution < -0.4 is 0 Å². The van der Waals surface area contributed by atoms with Gasteiger partial charge < -0.3 is 4.90 Å². The zero-order valence-electron chi connectivity index (χ0n) is 14.1. The number of fused-ring (bicyclic) bond motifs is 2. The van der Waals surface area contributed by atoms with Crippen LogP contribution in [0, 0.1) is 11.8 Å². The first-order valence-corrected chi connectivity index (χ1v) is 9.20. The summed E-state index contributed by atoms with van der Waals surface area (Å²) in [6.07, 6.45) is 10.4. The van der Waals surface area contributed by atoms with E-state index in [9.17, 15) is 4.79 Å². The largest absolute Gasteiger partial charge is 0.303 e. The van der Waals surface area contributed by atoms with Gasteiger partial charge in [-0.3, -0.25) is 4.79 Å². The van der Waals surface area contributed by atoms with Gasteiger partial charge in [-0.05, 0) is 56.2 Å². The minimum Gasteiger partial charge on any atom is -0.303 e. The smallest absolute Gasteiger partial charge is 0.164 e. The maximum absolute atomic E-state index is 12.4. The molecule has 0 bridgehead atoms. The highest BCUT2D eigenvalue weighted by molar-refractivity contribution is 6.02. The molecule has 3 aliphatic rings. The van der Waals surface area contributed by atoms with E-state index < -0.39 is 0 Å². The monoisotopic (exact) mass is 311 g/mol. The molecule has 124 valence electrons. The van der Waals surface area contributed by atoms with Crippen molar-refractivity contribution in [2.75, 3.05) is 19.6 Å². The third-order valence-corrected chi connectivity index (χ3v) is 6.44. The van der Waals surface area contributed by atoms with E-state index in [2.05, 4.69) is 36.1 Å². The highest BCUT2D eigenvalue weighted by Gasteiger charge is 2.44. The van der Waals surface area contributed by atoms with E-state index in [1.165, 1.54) is 24.9 Å². The molecule has 1 aliphatic heterocycles. The number of benzene rings is 1. The van der Waals surface area contributed by atoms with Gasteiger partial charge in [0.15, 0.2) is 5.78 Å². The summed E-state index contributed by atoms with van der Waals surface area (Å²) in [6, 6.07) is 8.32. The predicted molar refractivity (Wildman–Crippen MR) is 95.9 cm³/mol. The van der Waals surface area contributed by atoms with Crippen molar-refractivity contribution in [2.24, 2.45) is 11.8 Å². The molecule has 1 heterocycles. The Kier molecular flexibility index (Phi) is 3.88. The molecule has 2 heteroatoms. The van der Waals surface area contributed by atoms with Crippen LogP contribution in [0.5, 0.6) is 0 Å². The second-order valence-corrected chi connectivity index (χ2v) is 7.87. The lowest BCUT2D eigenvalue weighted by Gasteiger charge is -2.41. The molecule has 1 aromatic carbocycles. The van der Waals surface area contributed by atoms with Gasteiger partial charge in [0.25, 0.3) is 0 Å². The fourth-order valence-corrected chi connectivity index (χ4v) is 4.97.